The summed E-state index contributed by atoms with van der Waals surface area (Å²) in [4.78, 5) is 12.0. The molecular formula is C17H24F2N2O3. The minimum absolute atomic E-state index is 0.136. The summed E-state index contributed by atoms with van der Waals surface area (Å²) in [6.45, 7) is -0.671. The number of ether oxygens (including phenoxy) is 1. The van der Waals surface area contributed by atoms with E-state index in [1.54, 1.807) is 12.1 Å². The van der Waals surface area contributed by atoms with Gasteiger partial charge in [0.25, 0.3) is 0 Å². The molecule has 0 radical (unpaired) electrons. The number of rotatable bonds is 7. The Morgan fingerprint density at radius 2 is 2.25 bits per heavy atom. The van der Waals surface area contributed by atoms with Crippen molar-refractivity contribution < 1.29 is 23.4 Å². The number of alkyl halides is 2. The number of aryl methyl sites for hydroxylation is 1. The molecule has 1 aliphatic carbocycles. The minimum atomic E-state index is -2.85. The van der Waals surface area contributed by atoms with E-state index >= 15 is 0 Å². The summed E-state index contributed by atoms with van der Waals surface area (Å²) < 4.78 is 29.0. The van der Waals surface area contributed by atoms with Gasteiger partial charge in [-0.25, -0.2) is 4.79 Å². The van der Waals surface area contributed by atoms with E-state index in [9.17, 15) is 18.7 Å². The van der Waals surface area contributed by atoms with E-state index < -0.39 is 12.7 Å². The van der Waals surface area contributed by atoms with Gasteiger partial charge in [0.15, 0.2) is 0 Å². The second-order valence-corrected chi connectivity index (χ2v) is 5.98. The van der Waals surface area contributed by atoms with Gasteiger partial charge in [0.1, 0.15) is 5.75 Å². The third-order valence-corrected chi connectivity index (χ3v) is 4.08. The lowest BCUT2D eigenvalue weighted by atomic mass is 9.87. The number of hydrogen-bond acceptors (Lipinski definition) is 3. The Morgan fingerprint density at radius 1 is 1.46 bits per heavy atom. The highest BCUT2D eigenvalue weighted by atomic mass is 19.3. The van der Waals surface area contributed by atoms with Crippen molar-refractivity contribution in [2.45, 2.75) is 57.8 Å². The number of carbonyl (C=O) groups is 1. The fourth-order valence-corrected chi connectivity index (χ4v) is 2.97. The zero-order chi connectivity index (χ0) is 17.5. The van der Waals surface area contributed by atoms with Crippen molar-refractivity contribution in [3.63, 3.8) is 0 Å². The van der Waals surface area contributed by atoms with Gasteiger partial charge in [-0.05, 0) is 48.9 Å². The average Bonchev–Trinajstić information content (AvgIpc) is 2.53. The van der Waals surface area contributed by atoms with E-state index in [-0.39, 0.29) is 24.4 Å². The summed E-state index contributed by atoms with van der Waals surface area (Å²) in [5, 5.41) is 15.2. The molecule has 5 nitrogen and oxygen atoms in total. The van der Waals surface area contributed by atoms with Crippen molar-refractivity contribution >= 4 is 6.03 Å². The lowest BCUT2D eigenvalue weighted by molar-refractivity contribution is -0.0499. The first-order valence-corrected chi connectivity index (χ1v) is 8.29. The second kappa shape index (κ2) is 8.82. The van der Waals surface area contributed by atoms with E-state index in [0.717, 1.165) is 36.8 Å². The molecule has 0 bridgehead atoms. The molecule has 7 heteroatoms. The van der Waals surface area contributed by atoms with Crippen LogP contribution in [0.3, 0.4) is 0 Å². The number of halogens is 2. The lowest BCUT2D eigenvalue weighted by Crippen LogP contribution is -2.42. The Morgan fingerprint density at radius 3 is 2.96 bits per heavy atom. The second-order valence-electron chi connectivity index (χ2n) is 5.98. The maximum Gasteiger partial charge on any atom is 0.387 e. The molecule has 0 aliphatic heterocycles. The van der Waals surface area contributed by atoms with Crippen LogP contribution in [0, 0.1) is 0 Å². The van der Waals surface area contributed by atoms with Crippen LogP contribution in [0.5, 0.6) is 5.75 Å². The number of carbonyl (C=O) groups excluding carboxylic acids is 1. The van der Waals surface area contributed by atoms with Gasteiger partial charge >= 0.3 is 12.6 Å². The van der Waals surface area contributed by atoms with Crippen LogP contribution >= 0.6 is 0 Å². The molecule has 2 unspecified atom stereocenters. The number of benzene rings is 1. The van der Waals surface area contributed by atoms with Crippen LogP contribution in [0.25, 0.3) is 0 Å². The average molecular weight is 342 g/mol. The quantitative estimate of drug-likeness (QED) is 0.713. The molecule has 1 aliphatic rings. The van der Waals surface area contributed by atoms with Crippen molar-refractivity contribution in [3.05, 3.63) is 29.3 Å². The Hall–Kier alpha value is -1.89. The predicted molar refractivity (Wildman–Crippen MR) is 86.2 cm³/mol. The highest BCUT2D eigenvalue weighted by Crippen LogP contribution is 2.32. The molecule has 2 rings (SSSR count). The third kappa shape index (κ3) is 5.33. The van der Waals surface area contributed by atoms with Crippen molar-refractivity contribution in [1.29, 1.82) is 0 Å². The van der Waals surface area contributed by atoms with Gasteiger partial charge in [-0.3, -0.25) is 0 Å². The number of amides is 2. The van der Waals surface area contributed by atoms with Crippen molar-refractivity contribution in [1.82, 2.24) is 10.6 Å². The SMILES string of the molecule is CCCC(O)CNC(=O)NC1CCCc2cc(OC(F)F)ccc21. The molecule has 0 aromatic heterocycles. The molecular weight excluding hydrogens is 318 g/mol. The molecule has 0 saturated heterocycles. The number of aliphatic hydroxyl groups is 1. The first kappa shape index (κ1) is 18.4. The van der Waals surface area contributed by atoms with Crippen molar-refractivity contribution in [2.24, 2.45) is 0 Å². The molecule has 1 aromatic rings. The van der Waals surface area contributed by atoms with Crippen LogP contribution in [0.4, 0.5) is 13.6 Å². The molecule has 0 fully saturated rings. The van der Waals surface area contributed by atoms with Gasteiger partial charge in [-0.1, -0.05) is 19.4 Å². The highest BCUT2D eigenvalue weighted by molar-refractivity contribution is 5.74. The summed E-state index contributed by atoms with van der Waals surface area (Å²) in [5.41, 5.74) is 1.84. The van der Waals surface area contributed by atoms with Crippen LogP contribution in [-0.4, -0.2) is 30.4 Å². The molecule has 0 heterocycles. The number of fused-ring (bicyclic) bond motifs is 1. The summed E-state index contributed by atoms with van der Waals surface area (Å²) in [7, 11) is 0. The number of aliphatic hydroxyl groups excluding tert-OH is 1. The third-order valence-electron chi connectivity index (χ3n) is 4.08. The summed E-state index contributed by atoms with van der Waals surface area (Å²) in [5.74, 6) is 0.136. The molecule has 2 amide bonds. The maximum absolute atomic E-state index is 12.3. The van der Waals surface area contributed by atoms with Crippen molar-refractivity contribution in [2.75, 3.05) is 6.54 Å². The summed E-state index contributed by atoms with van der Waals surface area (Å²) in [6.07, 6.45) is 3.35. The van der Waals surface area contributed by atoms with Crippen LogP contribution in [0.2, 0.25) is 0 Å². The number of hydrogen-bond donors (Lipinski definition) is 3. The fraction of sp³-hybridized carbons (Fsp3) is 0.588. The molecule has 1 aromatic carbocycles. The standard InChI is InChI=1S/C17H24F2N2O3/c1-2-4-12(22)10-20-17(23)21-15-6-3-5-11-9-13(24-16(18)19)7-8-14(11)15/h7-9,12,15-16,22H,2-6,10H2,1H3,(H2,20,21,23). The van der Waals surface area contributed by atoms with Crippen LogP contribution in [-0.2, 0) is 6.42 Å². The first-order chi connectivity index (χ1) is 11.5. The highest BCUT2D eigenvalue weighted by Gasteiger charge is 2.22. The van der Waals surface area contributed by atoms with Crippen LogP contribution < -0.4 is 15.4 Å². The zero-order valence-electron chi connectivity index (χ0n) is 13.7. The lowest BCUT2D eigenvalue weighted by Gasteiger charge is -2.27. The van der Waals surface area contributed by atoms with E-state index in [1.807, 2.05) is 6.92 Å². The minimum Gasteiger partial charge on any atom is -0.435 e. The number of urea groups is 1. The van der Waals surface area contributed by atoms with E-state index in [4.69, 9.17) is 0 Å². The molecule has 3 N–H and O–H groups in total. The zero-order valence-corrected chi connectivity index (χ0v) is 13.7. The smallest absolute Gasteiger partial charge is 0.387 e. The Balaban J connectivity index is 1.95. The Labute approximate surface area is 140 Å². The van der Waals surface area contributed by atoms with E-state index in [2.05, 4.69) is 15.4 Å². The maximum atomic E-state index is 12.3. The Kier molecular flexibility index (Phi) is 6.78. The molecule has 0 saturated carbocycles. The van der Waals surface area contributed by atoms with Gasteiger partial charge < -0.3 is 20.5 Å². The van der Waals surface area contributed by atoms with Crippen LogP contribution in [0.15, 0.2) is 18.2 Å². The van der Waals surface area contributed by atoms with Crippen LogP contribution in [0.1, 0.15) is 49.8 Å². The van der Waals surface area contributed by atoms with E-state index in [1.165, 1.54) is 6.07 Å². The van der Waals surface area contributed by atoms with Gasteiger partial charge in [-0.2, -0.15) is 8.78 Å². The fourth-order valence-electron chi connectivity index (χ4n) is 2.97. The molecule has 2 atom stereocenters. The largest absolute Gasteiger partial charge is 0.435 e. The van der Waals surface area contributed by atoms with E-state index in [0.29, 0.717) is 6.42 Å². The van der Waals surface area contributed by atoms with Crippen molar-refractivity contribution in [3.8, 4) is 5.75 Å². The number of nitrogens with one attached hydrogen (secondary N) is 2. The normalized spacial score (nSPS) is 18.0. The predicted octanol–water partition coefficient (Wildman–Crippen LogP) is 3.13. The van der Waals surface area contributed by atoms with Gasteiger partial charge in [0.05, 0.1) is 12.1 Å². The monoisotopic (exact) mass is 342 g/mol. The van der Waals surface area contributed by atoms with Gasteiger partial charge in [-0.15, -0.1) is 0 Å². The summed E-state index contributed by atoms with van der Waals surface area (Å²) >= 11 is 0. The molecule has 0 spiro atoms. The van der Waals surface area contributed by atoms with Gasteiger partial charge in [0, 0.05) is 6.54 Å². The Bertz CT molecular complexity index is 555. The molecule has 134 valence electrons. The van der Waals surface area contributed by atoms with Gasteiger partial charge in [0.2, 0.25) is 0 Å². The molecule has 24 heavy (non-hydrogen) atoms. The topological polar surface area (TPSA) is 70.6 Å². The first-order valence-electron chi connectivity index (χ1n) is 8.29. The summed E-state index contributed by atoms with van der Waals surface area (Å²) in [6, 6.07) is 4.32.